The molecule has 0 aliphatic carbocycles. The van der Waals surface area contributed by atoms with E-state index in [1.54, 1.807) is 6.07 Å². The van der Waals surface area contributed by atoms with E-state index in [1.807, 2.05) is 30.3 Å². The number of rotatable bonds is 6. The lowest BCUT2D eigenvalue weighted by Gasteiger charge is -2.11. The lowest BCUT2D eigenvalue weighted by atomic mass is 9.99. The Bertz CT molecular complexity index is 613. The Morgan fingerprint density at radius 2 is 1.95 bits per heavy atom. The fraction of sp³-hybridized carbons (Fsp3) is 0.235. The van der Waals surface area contributed by atoms with Crippen LogP contribution in [0.2, 0.25) is 0 Å². The number of hydrogen-bond acceptors (Lipinski definition) is 3. The maximum Gasteiger partial charge on any atom is 0.165 e. The van der Waals surface area contributed by atoms with Crippen LogP contribution in [-0.4, -0.2) is 12.9 Å². The Morgan fingerprint density at radius 1 is 1.24 bits per heavy atom. The van der Waals surface area contributed by atoms with E-state index in [-0.39, 0.29) is 23.8 Å². The van der Waals surface area contributed by atoms with Crippen molar-refractivity contribution in [3.63, 3.8) is 0 Å². The second-order valence-corrected chi connectivity index (χ2v) is 4.82. The summed E-state index contributed by atoms with van der Waals surface area (Å²) in [6, 6.07) is 13.6. The molecule has 4 heteroatoms. The van der Waals surface area contributed by atoms with Gasteiger partial charge in [0.05, 0.1) is 12.7 Å². The number of carbonyl (C=O) groups excluding carboxylic acids is 1. The van der Waals surface area contributed by atoms with Crippen LogP contribution in [0, 0.1) is 5.82 Å². The summed E-state index contributed by atoms with van der Waals surface area (Å²) in [5, 5.41) is 0. The van der Waals surface area contributed by atoms with Gasteiger partial charge in [0.1, 0.15) is 11.6 Å². The standard InChI is InChI=1S/C17H18FNO2/c1-21-13-7-8-14(15(18)11-13)17(20)10-9-16(19)12-5-3-2-4-6-12/h2-8,11,16H,9-10,19H2,1H3. The summed E-state index contributed by atoms with van der Waals surface area (Å²) in [4.78, 5) is 12.1. The van der Waals surface area contributed by atoms with Crippen molar-refractivity contribution in [2.24, 2.45) is 5.73 Å². The number of ketones is 1. The van der Waals surface area contributed by atoms with E-state index in [1.165, 1.54) is 19.2 Å². The highest BCUT2D eigenvalue weighted by Gasteiger charge is 2.14. The summed E-state index contributed by atoms with van der Waals surface area (Å²) in [6.07, 6.45) is 0.688. The summed E-state index contributed by atoms with van der Waals surface area (Å²) in [6.45, 7) is 0. The lowest BCUT2D eigenvalue weighted by Crippen LogP contribution is -2.13. The van der Waals surface area contributed by atoms with Crippen LogP contribution in [0.25, 0.3) is 0 Å². The van der Waals surface area contributed by atoms with Crippen LogP contribution in [0.15, 0.2) is 48.5 Å². The highest BCUT2D eigenvalue weighted by atomic mass is 19.1. The van der Waals surface area contributed by atoms with Gasteiger partial charge in [0.15, 0.2) is 5.78 Å². The predicted molar refractivity (Wildman–Crippen MR) is 79.9 cm³/mol. The van der Waals surface area contributed by atoms with E-state index in [0.717, 1.165) is 5.56 Å². The maximum atomic E-state index is 13.8. The van der Waals surface area contributed by atoms with E-state index in [2.05, 4.69) is 0 Å². The van der Waals surface area contributed by atoms with Gasteiger partial charge in [0.25, 0.3) is 0 Å². The highest BCUT2D eigenvalue weighted by molar-refractivity contribution is 5.96. The monoisotopic (exact) mass is 287 g/mol. The molecule has 110 valence electrons. The zero-order chi connectivity index (χ0) is 15.2. The first-order valence-electron chi connectivity index (χ1n) is 6.79. The zero-order valence-electron chi connectivity index (χ0n) is 11.9. The second kappa shape index (κ2) is 6.99. The Hall–Kier alpha value is -2.20. The topological polar surface area (TPSA) is 52.3 Å². The average Bonchev–Trinajstić information content (AvgIpc) is 2.52. The Kier molecular flexibility index (Phi) is 5.06. The van der Waals surface area contributed by atoms with Crippen molar-refractivity contribution in [1.29, 1.82) is 0 Å². The number of carbonyl (C=O) groups is 1. The maximum absolute atomic E-state index is 13.8. The van der Waals surface area contributed by atoms with Crippen LogP contribution in [0.5, 0.6) is 5.75 Å². The number of ether oxygens (including phenoxy) is 1. The largest absolute Gasteiger partial charge is 0.497 e. The van der Waals surface area contributed by atoms with Crippen LogP contribution in [0.1, 0.15) is 34.8 Å². The van der Waals surface area contributed by atoms with E-state index >= 15 is 0 Å². The molecule has 0 amide bonds. The fourth-order valence-corrected chi connectivity index (χ4v) is 2.14. The van der Waals surface area contributed by atoms with E-state index in [9.17, 15) is 9.18 Å². The molecule has 0 fully saturated rings. The second-order valence-electron chi connectivity index (χ2n) is 4.82. The van der Waals surface area contributed by atoms with Crippen LogP contribution in [-0.2, 0) is 0 Å². The minimum atomic E-state index is -0.562. The van der Waals surface area contributed by atoms with Crippen molar-refractivity contribution in [3.8, 4) is 5.75 Å². The van der Waals surface area contributed by atoms with E-state index < -0.39 is 5.82 Å². The molecule has 2 N–H and O–H groups in total. The third-order valence-electron chi connectivity index (χ3n) is 3.39. The molecule has 2 aromatic carbocycles. The molecule has 0 saturated carbocycles. The normalized spacial score (nSPS) is 12.0. The van der Waals surface area contributed by atoms with Gasteiger partial charge in [0, 0.05) is 18.5 Å². The molecule has 0 radical (unpaired) electrons. The molecule has 1 unspecified atom stereocenters. The molecule has 0 bridgehead atoms. The summed E-state index contributed by atoms with van der Waals surface area (Å²) < 4.78 is 18.7. The van der Waals surface area contributed by atoms with Crippen molar-refractivity contribution in [1.82, 2.24) is 0 Å². The summed E-state index contributed by atoms with van der Waals surface area (Å²) in [7, 11) is 1.45. The number of nitrogens with two attached hydrogens (primary N) is 1. The van der Waals surface area contributed by atoms with Crippen molar-refractivity contribution in [2.45, 2.75) is 18.9 Å². The van der Waals surface area contributed by atoms with Crippen molar-refractivity contribution < 1.29 is 13.9 Å². The van der Waals surface area contributed by atoms with Gasteiger partial charge < -0.3 is 10.5 Å². The first kappa shape index (κ1) is 15.2. The molecule has 0 heterocycles. The van der Waals surface area contributed by atoms with E-state index in [4.69, 9.17) is 10.5 Å². The van der Waals surface area contributed by atoms with Crippen LogP contribution >= 0.6 is 0 Å². The van der Waals surface area contributed by atoms with Gasteiger partial charge in [-0.1, -0.05) is 30.3 Å². The molecule has 2 rings (SSSR count). The number of methoxy groups -OCH3 is 1. The smallest absolute Gasteiger partial charge is 0.165 e. The third kappa shape index (κ3) is 3.89. The SMILES string of the molecule is COc1ccc(C(=O)CCC(N)c2ccccc2)c(F)c1. The van der Waals surface area contributed by atoms with Crippen LogP contribution in [0.3, 0.4) is 0 Å². The van der Waals surface area contributed by atoms with Crippen LogP contribution < -0.4 is 10.5 Å². The fourth-order valence-electron chi connectivity index (χ4n) is 2.14. The highest BCUT2D eigenvalue weighted by Crippen LogP contribution is 2.20. The first-order valence-corrected chi connectivity index (χ1v) is 6.79. The van der Waals surface area contributed by atoms with Gasteiger partial charge in [-0.2, -0.15) is 0 Å². The molecule has 2 aromatic rings. The molecule has 0 aliphatic rings. The minimum absolute atomic E-state index is 0.0797. The first-order chi connectivity index (χ1) is 10.1. The number of hydrogen-bond donors (Lipinski definition) is 1. The van der Waals surface area contributed by atoms with Crippen molar-refractivity contribution in [3.05, 3.63) is 65.5 Å². The minimum Gasteiger partial charge on any atom is -0.497 e. The van der Waals surface area contributed by atoms with Gasteiger partial charge in [-0.05, 0) is 24.1 Å². The number of halogens is 1. The average molecular weight is 287 g/mol. The predicted octanol–water partition coefficient (Wildman–Crippen LogP) is 3.50. The van der Waals surface area contributed by atoms with E-state index in [0.29, 0.717) is 12.2 Å². The third-order valence-corrected chi connectivity index (χ3v) is 3.39. The van der Waals surface area contributed by atoms with Gasteiger partial charge in [-0.15, -0.1) is 0 Å². The molecule has 0 aliphatic heterocycles. The molecular weight excluding hydrogens is 269 g/mol. The number of benzene rings is 2. The van der Waals surface area contributed by atoms with Gasteiger partial charge in [0.2, 0.25) is 0 Å². The Labute approximate surface area is 123 Å². The van der Waals surface area contributed by atoms with Crippen molar-refractivity contribution >= 4 is 5.78 Å². The summed E-state index contributed by atoms with van der Waals surface area (Å²) >= 11 is 0. The molecule has 0 spiro atoms. The Morgan fingerprint density at radius 3 is 2.57 bits per heavy atom. The lowest BCUT2D eigenvalue weighted by molar-refractivity contribution is 0.0973. The quantitative estimate of drug-likeness (QED) is 0.827. The van der Waals surface area contributed by atoms with Gasteiger partial charge in [-0.25, -0.2) is 4.39 Å². The molecule has 0 saturated heterocycles. The molecule has 21 heavy (non-hydrogen) atoms. The van der Waals surface area contributed by atoms with Gasteiger partial charge in [-0.3, -0.25) is 4.79 Å². The van der Waals surface area contributed by atoms with Gasteiger partial charge >= 0.3 is 0 Å². The van der Waals surface area contributed by atoms with Crippen LogP contribution in [0.4, 0.5) is 4.39 Å². The molecule has 3 nitrogen and oxygen atoms in total. The summed E-state index contributed by atoms with van der Waals surface area (Å²) in [5.74, 6) is -0.417. The van der Waals surface area contributed by atoms with Crippen molar-refractivity contribution in [2.75, 3.05) is 7.11 Å². The molecule has 1 atom stereocenters. The zero-order valence-corrected chi connectivity index (χ0v) is 11.9. The Balaban J connectivity index is 1.99. The molecular formula is C17H18FNO2. The molecule has 0 aromatic heterocycles. The number of Topliss-reactive ketones (excluding diaryl/α,β-unsaturated/α-hetero) is 1. The summed E-state index contributed by atoms with van der Waals surface area (Å²) in [5.41, 5.74) is 7.09.